The van der Waals surface area contributed by atoms with Crippen LogP contribution in [0.25, 0.3) is 21.8 Å². The molecule has 3 saturated heterocycles. The Labute approximate surface area is 520 Å². The van der Waals surface area contributed by atoms with Gasteiger partial charge in [-0.1, -0.05) is 64.1 Å². The second-order valence-electron chi connectivity index (χ2n) is 23.2. The number of pyridine rings is 2. The summed E-state index contributed by atoms with van der Waals surface area (Å²) in [4.78, 5) is 186. The number of nitrogens with one attached hydrogen (secondary N) is 4. The Hall–Kier alpha value is -9.50. The molecule has 0 spiro atoms. The van der Waals surface area contributed by atoms with Gasteiger partial charge < -0.3 is 69.6 Å². The number of para-hydroxylation sites is 2. The first-order valence-electron chi connectivity index (χ1n) is 29.8. The Morgan fingerprint density at radius 1 is 0.544 bits per heavy atom. The van der Waals surface area contributed by atoms with E-state index in [4.69, 9.17) is 18.9 Å². The highest BCUT2D eigenvalue weighted by Gasteiger charge is 2.42. The molecular formula is C62H80N12O16. The first kappa shape index (κ1) is 68.0. The number of likely N-dealkylation sites (N-methyl/N-ethyl adjacent to an activating group) is 4. The molecule has 484 valence electrons. The van der Waals surface area contributed by atoms with Gasteiger partial charge in [0, 0.05) is 52.1 Å². The monoisotopic (exact) mass is 1250 g/mol. The lowest BCUT2D eigenvalue weighted by Gasteiger charge is -2.37. The van der Waals surface area contributed by atoms with E-state index >= 15 is 0 Å². The largest absolute Gasteiger partial charge is 0.494 e. The van der Waals surface area contributed by atoms with Gasteiger partial charge in [-0.3, -0.25) is 47.9 Å². The summed E-state index contributed by atoms with van der Waals surface area (Å²) in [5.74, 6) is -11.0. The summed E-state index contributed by atoms with van der Waals surface area (Å²) >= 11 is 0. The molecule has 0 radical (unpaired) electrons. The van der Waals surface area contributed by atoms with Crippen molar-refractivity contribution in [2.75, 3.05) is 94.9 Å². The summed E-state index contributed by atoms with van der Waals surface area (Å²) < 4.78 is 22.7. The standard InChI is InChI=1S/C62H80N12O16/c1-35(2)53-61(85)89-33-41(67-57(81)51-45(87-9)27-37-19-11-13-21-39(37)65-51)59(83)73-25-17-15-23-43(73)55(79)64-30-48(76)70(6)32-50(78)72(8)54(36(3)4)62(86)90-34-42(68-58(82)52-46(88-10)28-38-20-12-14-22-40(38)66-52)60(84)74-26-18-16-24-44(74)56(80)63-29-47(75)69(5)31-49(77)71(53)7/h11-14,19-22,27-28,35-36,41-44,53-54H,15-18,23-26,29-34H2,1-10H3,(H,63,80)(H,64,79)(H,67,81)(H,68,82)/t41?,42?,43-,44-,53-,54-/m0/s1. The molecule has 4 N–H and O–H groups in total. The number of rotatable bonds is 8. The number of nitrogens with zero attached hydrogens (tertiary/aromatic N) is 8. The summed E-state index contributed by atoms with van der Waals surface area (Å²) in [6.07, 6.45) is 2.07. The van der Waals surface area contributed by atoms with E-state index in [1.54, 1.807) is 88.4 Å². The van der Waals surface area contributed by atoms with Crippen LogP contribution in [0.4, 0.5) is 0 Å². The van der Waals surface area contributed by atoms with Crippen molar-refractivity contribution in [1.29, 1.82) is 0 Å². The molecule has 90 heavy (non-hydrogen) atoms. The number of piperidine rings is 2. The minimum Gasteiger partial charge on any atom is -0.494 e. The fourth-order valence-corrected chi connectivity index (χ4v) is 11.2. The fraction of sp³-hybridized carbons (Fsp3) is 0.516. The molecule has 28 heteroatoms. The van der Waals surface area contributed by atoms with E-state index in [2.05, 4.69) is 31.2 Å². The van der Waals surface area contributed by atoms with Crippen LogP contribution < -0.4 is 30.7 Å². The molecule has 2 aromatic heterocycles. The number of ether oxygens (including phenoxy) is 4. The van der Waals surface area contributed by atoms with Crippen molar-refractivity contribution in [1.82, 2.24) is 60.6 Å². The molecule has 3 aliphatic heterocycles. The van der Waals surface area contributed by atoms with Crippen molar-refractivity contribution in [3.63, 3.8) is 0 Å². The zero-order valence-electron chi connectivity index (χ0n) is 52.4. The average Bonchev–Trinajstić information content (AvgIpc) is 1.53. The van der Waals surface area contributed by atoms with Gasteiger partial charge in [0.15, 0.2) is 22.9 Å². The molecular weight excluding hydrogens is 1170 g/mol. The normalized spacial score (nSPS) is 22.7. The van der Waals surface area contributed by atoms with Gasteiger partial charge in [-0.2, -0.15) is 0 Å². The van der Waals surface area contributed by atoms with E-state index in [1.807, 2.05) is 0 Å². The van der Waals surface area contributed by atoms with Crippen LogP contribution in [0.2, 0.25) is 0 Å². The molecule has 10 amide bonds. The Morgan fingerprint density at radius 3 is 1.27 bits per heavy atom. The number of carbonyl (C=O) groups is 12. The Kier molecular flexibility index (Phi) is 23.1. The maximum atomic E-state index is 14.9. The molecule has 0 bridgehead atoms. The van der Waals surface area contributed by atoms with E-state index in [1.165, 1.54) is 52.2 Å². The van der Waals surface area contributed by atoms with Crippen LogP contribution in [-0.4, -0.2) is 242 Å². The zero-order chi connectivity index (χ0) is 65.7. The summed E-state index contributed by atoms with van der Waals surface area (Å²) in [6, 6.07) is 8.65. The minimum absolute atomic E-state index is 0.00729. The van der Waals surface area contributed by atoms with Crippen LogP contribution in [0.15, 0.2) is 60.7 Å². The van der Waals surface area contributed by atoms with E-state index in [9.17, 15) is 57.5 Å². The number of fused-ring (bicyclic) bond motifs is 4. The SMILES string of the molecule is COc1cc2ccccc2nc1C(=O)NC1COC(=O)[C@H](C(C)C)N(C)C(=O)CN(C)C(=O)CNC(=O)[C@@H]2CCCCN2C(=O)C(NC(=O)c2nc3ccccc3cc2OC)COC(=O)[C@H](C(C)C)N(C)C(=O)CN(C)C(=O)CNC(=O)[C@@H]2CCCCN2C1=O. The molecule has 4 aromatic rings. The number of hydrogen-bond acceptors (Lipinski definition) is 18. The molecule has 6 atom stereocenters. The van der Waals surface area contributed by atoms with E-state index in [-0.39, 0.29) is 48.8 Å². The topological polar surface area (TPSA) is 335 Å². The maximum Gasteiger partial charge on any atom is 0.329 e. The molecule has 7 rings (SSSR count). The van der Waals surface area contributed by atoms with E-state index < -0.39 is 158 Å². The van der Waals surface area contributed by atoms with Gasteiger partial charge in [0.05, 0.1) is 51.4 Å². The highest BCUT2D eigenvalue weighted by atomic mass is 16.5. The second-order valence-corrected chi connectivity index (χ2v) is 23.2. The molecule has 0 aliphatic carbocycles. The van der Waals surface area contributed by atoms with Gasteiger partial charge in [0.2, 0.25) is 47.3 Å². The lowest BCUT2D eigenvalue weighted by Crippen LogP contribution is -2.59. The molecule has 3 fully saturated rings. The van der Waals surface area contributed by atoms with Crippen molar-refractivity contribution in [3.8, 4) is 11.5 Å². The van der Waals surface area contributed by atoms with Crippen molar-refractivity contribution in [2.24, 2.45) is 11.8 Å². The number of hydrogen-bond donors (Lipinski definition) is 4. The third kappa shape index (κ3) is 16.2. The van der Waals surface area contributed by atoms with Gasteiger partial charge in [-0.05, 0) is 74.6 Å². The van der Waals surface area contributed by atoms with Gasteiger partial charge >= 0.3 is 11.9 Å². The van der Waals surface area contributed by atoms with Crippen LogP contribution in [0.1, 0.15) is 87.2 Å². The first-order chi connectivity index (χ1) is 42.8. The second kappa shape index (κ2) is 30.6. The van der Waals surface area contributed by atoms with Gasteiger partial charge in [0.1, 0.15) is 49.5 Å². The Balaban J connectivity index is 1.18. The van der Waals surface area contributed by atoms with Crippen molar-refractivity contribution >= 4 is 92.8 Å². The summed E-state index contributed by atoms with van der Waals surface area (Å²) in [5, 5.41) is 11.7. The predicted octanol–water partition coefficient (Wildman–Crippen LogP) is 0.675. The molecule has 3 aliphatic rings. The first-order valence-corrected chi connectivity index (χ1v) is 29.8. The highest BCUT2D eigenvalue weighted by molar-refractivity contribution is 6.03. The van der Waals surface area contributed by atoms with Gasteiger partial charge in [-0.15, -0.1) is 0 Å². The summed E-state index contributed by atoms with van der Waals surface area (Å²) in [5.41, 5.74) is 0.426. The summed E-state index contributed by atoms with van der Waals surface area (Å²) in [7, 11) is 7.92. The quantitative estimate of drug-likeness (QED) is 0.176. The van der Waals surface area contributed by atoms with Crippen LogP contribution in [0.5, 0.6) is 11.5 Å². The Bertz CT molecular complexity index is 3180. The Morgan fingerprint density at radius 2 is 0.911 bits per heavy atom. The average molecular weight is 1250 g/mol. The molecule has 28 nitrogen and oxygen atoms in total. The van der Waals surface area contributed by atoms with Crippen LogP contribution in [-0.2, 0) is 57.4 Å². The van der Waals surface area contributed by atoms with Crippen LogP contribution in [0.3, 0.4) is 0 Å². The van der Waals surface area contributed by atoms with Gasteiger partial charge in [0.25, 0.3) is 11.8 Å². The fourth-order valence-electron chi connectivity index (χ4n) is 11.2. The van der Waals surface area contributed by atoms with Crippen molar-refractivity contribution in [3.05, 3.63) is 72.1 Å². The number of amides is 10. The molecule has 0 saturated carbocycles. The number of aromatic nitrogens is 2. The number of methoxy groups -OCH3 is 2. The van der Waals surface area contributed by atoms with Gasteiger partial charge in [-0.25, -0.2) is 19.6 Å². The van der Waals surface area contributed by atoms with E-state index in [0.717, 1.165) is 19.6 Å². The number of carbonyl (C=O) groups excluding carboxylic acids is 12. The third-order valence-corrected chi connectivity index (χ3v) is 16.2. The lowest BCUT2D eigenvalue weighted by atomic mass is 10.00. The van der Waals surface area contributed by atoms with Crippen molar-refractivity contribution in [2.45, 2.75) is 102 Å². The lowest BCUT2D eigenvalue weighted by molar-refractivity contribution is -0.159. The smallest absolute Gasteiger partial charge is 0.329 e. The maximum absolute atomic E-state index is 14.9. The van der Waals surface area contributed by atoms with Crippen LogP contribution >= 0.6 is 0 Å². The number of cyclic esters (lactones) is 2. The number of esters is 2. The highest BCUT2D eigenvalue weighted by Crippen LogP contribution is 2.27. The number of benzene rings is 2. The molecule has 2 aromatic carbocycles. The third-order valence-electron chi connectivity index (χ3n) is 16.2. The summed E-state index contributed by atoms with van der Waals surface area (Å²) in [6.45, 7) is 2.50. The predicted molar refractivity (Wildman–Crippen MR) is 324 cm³/mol. The van der Waals surface area contributed by atoms with Crippen LogP contribution in [0, 0.1) is 11.8 Å². The zero-order valence-corrected chi connectivity index (χ0v) is 52.4. The molecule has 5 heterocycles. The molecule has 2 unspecified atom stereocenters. The van der Waals surface area contributed by atoms with Crippen molar-refractivity contribution < 1.29 is 76.5 Å². The van der Waals surface area contributed by atoms with E-state index in [0.29, 0.717) is 47.5 Å². The minimum atomic E-state index is -1.67.